The molecule has 0 fully saturated rings. The number of phosphoric acid groups is 1. The van der Waals surface area contributed by atoms with Crippen LogP contribution in [0.25, 0.3) is 0 Å². The lowest BCUT2D eigenvalue weighted by atomic mass is 10.0. The van der Waals surface area contributed by atoms with Crippen LogP contribution < -0.4 is 10.2 Å². The summed E-state index contributed by atoms with van der Waals surface area (Å²) in [5.74, 6) is -0.550. The fraction of sp³-hybridized carbons (Fsp3) is 0.728. The van der Waals surface area contributed by atoms with Gasteiger partial charge in [-0.3, -0.25) is 14.2 Å². The summed E-state index contributed by atoms with van der Waals surface area (Å²) in [6.07, 6.45) is 97.6. The van der Waals surface area contributed by atoms with E-state index in [1.807, 2.05) is 33.3 Å². The fourth-order valence-corrected chi connectivity index (χ4v) is 11.3. The standard InChI is InChI=1S/C81H143N2O7P/c1-7-10-13-16-19-22-25-27-29-31-33-35-37-39-41-43-45-47-49-51-53-55-58-61-64-67-70-73-80(84)82-78(77-89-91(86,87)88-76-75-83(4,5)6)79(72-69-66-63-60-57-24-21-18-15-12-9-3)90-81(85)74-71-68-65-62-59-56-54-52-50-48-46-44-42-40-38-36-34-32-30-28-26-23-20-17-14-11-8-2/h11,14,19-20,22-23,27-30,33-36,40,42,46,48,69,72,78-79H,7-10,12-13,15-18,21,24-26,31-32,37-39,41,43-45,47,49-68,70-71,73-77H2,1-6H3,(H-,82,84,86,87)/b14-11-,22-19-,23-20-,29-27-,30-28-,35-33-,36-34-,42-40-,48-46-,72-69+. The van der Waals surface area contributed by atoms with Crippen LogP contribution in [-0.2, 0) is 27.9 Å². The van der Waals surface area contributed by atoms with E-state index in [-0.39, 0.29) is 24.9 Å². The number of phosphoric ester groups is 1. The number of unbranched alkanes of at least 4 members (excludes halogenated alkanes) is 34. The van der Waals surface area contributed by atoms with E-state index in [1.165, 1.54) is 173 Å². The third kappa shape index (κ3) is 70.6. The molecular formula is C81H143N2O7P. The molecule has 524 valence electrons. The summed E-state index contributed by atoms with van der Waals surface area (Å²) in [6.45, 7) is 6.71. The van der Waals surface area contributed by atoms with Gasteiger partial charge in [-0.2, -0.15) is 0 Å². The number of rotatable bonds is 68. The Kier molecular flexibility index (Phi) is 66.5. The SMILES string of the molecule is CC/C=C\C/C=C\C/C=C\C/C=C\C/C=C\C/C=C\CCCCCCCCCCC(=O)OC(/C=C/CCCCCCCCCCC)C(COP(=O)([O-])OCC[N+](C)(C)C)NC(=O)CCCCCCCCCCCCCCCC/C=C\C/C=C\C/C=C\CCCCC. The monoisotopic (exact) mass is 1290 g/mol. The summed E-state index contributed by atoms with van der Waals surface area (Å²) >= 11 is 0. The van der Waals surface area contributed by atoms with Gasteiger partial charge in [0.15, 0.2) is 0 Å². The summed E-state index contributed by atoms with van der Waals surface area (Å²) in [7, 11) is 1.17. The van der Waals surface area contributed by atoms with E-state index in [0.717, 1.165) is 122 Å². The van der Waals surface area contributed by atoms with Crippen LogP contribution in [0.5, 0.6) is 0 Å². The van der Waals surface area contributed by atoms with Crippen LogP contribution in [0.3, 0.4) is 0 Å². The molecule has 0 saturated heterocycles. The Labute approximate surface area is 563 Å². The normalized spacial score (nSPS) is 14.1. The number of quaternary nitrogens is 1. The van der Waals surface area contributed by atoms with Crippen molar-refractivity contribution in [3.63, 3.8) is 0 Å². The van der Waals surface area contributed by atoms with E-state index in [4.69, 9.17) is 13.8 Å². The molecule has 3 unspecified atom stereocenters. The van der Waals surface area contributed by atoms with E-state index in [0.29, 0.717) is 17.4 Å². The van der Waals surface area contributed by atoms with Crippen LogP contribution in [0.4, 0.5) is 0 Å². The molecule has 0 rings (SSSR count). The Morgan fingerprint density at radius 3 is 1.08 bits per heavy atom. The second kappa shape index (κ2) is 69.2. The van der Waals surface area contributed by atoms with Crippen LogP contribution in [0.2, 0.25) is 0 Å². The lowest BCUT2D eigenvalue weighted by molar-refractivity contribution is -0.870. The molecule has 0 saturated carbocycles. The zero-order valence-corrected chi connectivity index (χ0v) is 60.9. The molecule has 0 bridgehead atoms. The number of esters is 1. The highest BCUT2D eigenvalue weighted by molar-refractivity contribution is 7.45. The van der Waals surface area contributed by atoms with Gasteiger partial charge in [-0.1, -0.05) is 316 Å². The first-order chi connectivity index (χ1) is 44.4. The minimum atomic E-state index is -4.72. The summed E-state index contributed by atoms with van der Waals surface area (Å²) in [5.41, 5.74) is 0. The van der Waals surface area contributed by atoms with Crippen molar-refractivity contribution in [3.8, 4) is 0 Å². The number of allylic oxidation sites excluding steroid dienone is 19. The van der Waals surface area contributed by atoms with Gasteiger partial charge in [-0.05, 0) is 122 Å². The highest BCUT2D eigenvalue weighted by Gasteiger charge is 2.27. The van der Waals surface area contributed by atoms with Gasteiger partial charge in [0, 0.05) is 12.8 Å². The maximum atomic E-state index is 13.6. The van der Waals surface area contributed by atoms with Gasteiger partial charge < -0.3 is 28.5 Å². The van der Waals surface area contributed by atoms with Gasteiger partial charge in [0.05, 0.1) is 33.8 Å². The maximum Gasteiger partial charge on any atom is 0.306 e. The molecule has 10 heteroatoms. The number of carbonyl (C=O) groups excluding carboxylic acids is 2. The first kappa shape index (κ1) is 87.4. The zero-order valence-electron chi connectivity index (χ0n) is 60.0. The quantitative estimate of drug-likeness (QED) is 0.0212. The molecule has 0 radical (unpaired) electrons. The molecule has 1 amide bonds. The van der Waals surface area contributed by atoms with Crippen LogP contribution in [-0.4, -0.2) is 69.4 Å². The maximum absolute atomic E-state index is 13.6. The minimum Gasteiger partial charge on any atom is -0.756 e. The first-order valence-corrected chi connectivity index (χ1v) is 39.3. The van der Waals surface area contributed by atoms with Gasteiger partial charge >= 0.3 is 5.97 Å². The average molecular weight is 1290 g/mol. The highest BCUT2D eigenvalue weighted by Crippen LogP contribution is 2.38. The minimum absolute atomic E-state index is 0.0285. The smallest absolute Gasteiger partial charge is 0.306 e. The van der Waals surface area contributed by atoms with Crippen LogP contribution >= 0.6 is 7.82 Å². The zero-order chi connectivity index (χ0) is 66.3. The predicted octanol–water partition coefficient (Wildman–Crippen LogP) is 23.9. The highest BCUT2D eigenvalue weighted by atomic mass is 31.2. The lowest BCUT2D eigenvalue weighted by Gasteiger charge is -2.30. The van der Waals surface area contributed by atoms with E-state index in [1.54, 1.807) is 0 Å². The van der Waals surface area contributed by atoms with Gasteiger partial charge in [-0.15, -0.1) is 0 Å². The summed E-state index contributed by atoms with van der Waals surface area (Å²) in [5, 5.41) is 3.04. The van der Waals surface area contributed by atoms with Crippen molar-refractivity contribution in [1.82, 2.24) is 5.32 Å². The first-order valence-electron chi connectivity index (χ1n) is 37.8. The number of hydrogen-bond acceptors (Lipinski definition) is 7. The fourth-order valence-electron chi connectivity index (χ4n) is 10.6. The molecule has 1 N–H and O–H groups in total. The van der Waals surface area contributed by atoms with Crippen molar-refractivity contribution >= 4 is 19.7 Å². The molecule has 0 spiro atoms. The van der Waals surface area contributed by atoms with E-state index in [2.05, 4.69) is 135 Å². The van der Waals surface area contributed by atoms with Crippen LogP contribution in [0.1, 0.15) is 329 Å². The second-order valence-corrected chi connectivity index (χ2v) is 27.8. The number of likely N-dealkylation sites (N-methyl/N-ethyl adjacent to an activating group) is 1. The Morgan fingerprint density at radius 1 is 0.396 bits per heavy atom. The Hall–Kier alpha value is -3.59. The van der Waals surface area contributed by atoms with Gasteiger partial charge in [0.25, 0.3) is 7.82 Å². The van der Waals surface area contributed by atoms with Crippen molar-refractivity contribution < 1.29 is 37.3 Å². The number of ether oxygens (including phenoxy) is 1. The summed E-state index contributed by atoms with van der Waals surface area (Å²) in [6, 6.07) is -0.901. The average Bonchev–Trinajstić information content (AvgIpc) is 3.03. The number of nitrogens with zero attached hydrogens (tertiary/aromatic N) is 1. The molecule has 91 heavy (non-hydrogen) atoms. The molecule has 3 atom stereocenters. The summed E-state index contributed by atoms with van der Waals surface area (Å²) < 4.78 is 30.5. The second-order valence-electron chi connectivity index (χ2n) is 26.4. The van der Waals surface area contributed by atoms with Gasteiger partial charge in [0.2, 0.25) is 5.91 Å². The molecule has 0 aliphatic heterocycles. The third-order valence-corrected chi connectivity index (χ3v) is 17.3. The Morgan fingerprint density at radius 2 is 0.703 bits per heavy atom. The predicted molar refractivity (Wildman–Crippen MR) is 394 cm³/mol. The summed E-state index contributed by atoms with van der Waals surface area (Å²) in [4.78, 5) is 40.3. The van der Waals surface area contributed by atoms with Crippen LogP contribution in [0, 0.1) is 0 Å². The lowest BCUT2D eigenvalue weighted by Crippen LogP contribution is -2.47. The molecule has 0 aromatic rings. The molecule has 9 nitrogen and oxygen atoms in total. The van der Waals surface area contributed by atoms with E-state index in [9.17, 15) is 19.0 Å². The van der Waals surface area contributed by atoms with Crippen molar-refractivity contribution in [1.29, 1.82) is 0 Å². The van der Waals surface area contributed by atoms with Crippen molar-refractivity contribution in [2.24, 2.45) is 0 Å². The van der Waals surface area contributed by atoms with Crippen molar-refractivity contribution in [2.75, 3.05) is 40.9 Å². The largest absolute Gasteiger partial charge is 0.756 e. The Bertz CT molecular complexity index is 1970. The molecule has 0 heterocycles. The third-order valence-electron chi connectivity index (χ3n) is 16.4. The van der Waals surface area contributed by atoms with E-state index < -0.39 is 26.6 Å². The number of amides is 1. The van der Waals surface area contributed by atoms with Crippen molar-refractivity contribution in [2.45, 2.75) is 341 Å². The number of carbonyl (C=O) groups is 2. The molecular weight excluding hydrogens is 1140 g/mol. The van der Waals surface area contributed by atoms with Crippen LogP contribution in [0.15, 0.2) is 122 Å². The van der Waals surface area contributed by atoms with E-state index >= 15 is 0 Å². The molecule has 0 aliphatic rings. The van der Waals surface area contributed by atoms with Gasteiger partial charge in [0.1, 0.15) is 19.3 Å². The van der Waals surface area contributed by atoms with Crippen molar-refractivity contribution in [3.05, 3.63) is 122 Å². The number of nitrogens with one attached hydrogen (secondary N) is 1. The molecule has 0 aliphatic carbocycles. The van der Waals surface area contributed by atoms with Gasteiger partial charge in [-0.25, -0.2) is 0 Å². The number of hydrogen-bond donors (Lipinski definition) is 1. The topological polar surface area (TPSA) is 114 Å². The molecule has 0 aromatic heterocycles. The Balaban J connectivity index is 4.97. The molecule has 0 aromatic carbocycles.